The number of nitrogens with zero attached hydrogens (tertiary/aromatic N) is 1. The van der Waals surface area contributed by atoms with E-state index in [9.17, 15) is 4.79 Å². The van der Waals surface area contributed by atoms with Crippen LogP contribution in [0.1, 0.15) is 44.9 Å². The summed E-state index contributed by atoms with van der Waals surface area (Å²) in [5.74, 6) is 0.225. The summed E-state index contributed by atoms with van der Waals surface area (Å²) in [7, 11) is 0. The van der Waals surface area contributed by atoms with Gasteiger partial charge in [0.25, 0.3) is 0 Å². The summed E-state index contributed by atoms with van der Waals surface area (Å²) < 4.78 is 0. The Hall–Kier alpha value is -0.860. The summed E-state index contributed by atoms with van der Waals surface area (Å²) in [6, 6.07) is 0. The highest BCUT2D eigenvalue weighted by Crippen LogP contribution is 2.22. The van der Waals surface area contributed by atoms with Gasteiger partial charge < -0.3 is 0 Å². The summed E-state index contributed by atoms with van der Waals surface area (Å²) >= 11 is 0. The van der Waals surface area contributed by atoms with Gasteiger partial charge in [-0.2, -0.15) is 5.10 Å². The Kier molecular flexibility index (Phi) is 4.50. The van der Waals surface area contributed by atoms with Crippen LogP contribution in [-0.4, -0.2) is 12.6 Å². The number of amides is 1. The molecule has 1 N–H and O–H groups in total. The van der Waals surface area contributed by atoms with E-state index in [1.165, 1.54) is 32.1 Å². The second kappa shape index (κ2) is 5.73. The van der Waals surface area contributed by atoms with Gasteiger partial charge in [-0.05, 0) is 12.8 Å². The fourth-order valence-corrected chi connectivity index (χ4v) is 1.89. The Morgan fingerprint density at radius 1 is 1.15 bits per heavy atom. The average Bonchev–Trinajstić information content (AvgIpc) is 2.03. The molecule has 0 aromatic rings. The second-order valence-electron chi connectivity index (χ2n) is 3.68. The molecule has 0 saturated heterocycles. The molecular formula is C10H18N2O. The van der Waals surface area contributed by atoms with Crippen molar-refractivity contribution in [1.29, 1.82) is 0 Å². The van der Waals surface area contributed by atoms with Gasteiger partial charge in [0, 0.05) is 12.6 Å². The van der Waals surface area contributed by atoms with Crippen LogP contribution in [0.25, 0.3) is 0 Å². The van der Waals surface area contributed by atoms with Crippen molar-refractivity contribution in [3.8, 4) is 0 Å². The molecule has 3 nitrogen and oxygen atoms in total. The lowest BCUT2D eigenvalue weighted by Gasteiger charge is -2.17. The SMILES string of the molecule is C=NNC(=O)C1CCCCCCC1. The molecule has 1 rings (SSSR count). The van der Waals surface area contributed by atoms with Crippen molar-refractivity contribution >= 4 is 12.6 Å². The average molecular weight is 182 g/mol. The molecule has 3 heteroatoms. The van der Waals surface area contributed by atoms with Crippen molar-refractivity contribution < 1.29 is 4.79 Å². The lowest BCUT2D eigenvalue weighted by molar-refractivity contribution is -0.125. The first kappa shape index (κ1) is 10.2. The first-order valence-electron chi connectivity index (χ1n) is 5.10. The molecule has 0 aromatic carbocycles. The van der Waals surface area contributed by atoms with Crippen LogP contribution >= 0.6 is 0 Å². The van der Waals surface area contributed by atoms with Gasteiger partial charge in [-0.1, -0.05) is 32.1 Å². The summed E-state index contributed by atoms with van der Waals surface area (Å²) in [5, 5.41) is 3.42. The smallest absolute Gasteiger partial charge is 0.243 e. The number of carbonyl (C=O) groups excluding carboxylic acids is 1. The van der Waals surface area contributed by atoms with Gasteiger partial charge in [-0.25, -0.2) is 5.43 Å². The van der Waals surface area contributed by atoms with Crippen molar-refractivity contribution in [2.45, 2.75) is 44.9 Å². The molecule has 0 aliphatic heterocycles. The summed E-state index contributed by atoms with van der Waals surface area (Å²) in [5.41, 5.74) is 2.44. The second-order valence-corrected chi connectivity index (χ2v) is 3.68. The van der Waals surface area contributed by atoms with Crippen LogP contribution in [0.4, 0.5) is 0 Å². The number of nitrogens with one attached hydrogen (secondary N) is 1. The first-order chi connectivity index (χ1) is 6.34. The van der Waals surface area contributed by atoms with E-state index in [1.54, 1.807) is 0 Å². The third-order valence-corrected chi connectivity index (χ3v) is 2.67. The highest BCUT2D eigenvalue weighted by molar-refractivity contribution is 5.78. The maximum absolute atomic E-state index is 11.4. The van der Waals surface area contributed by atoms with Crippen LogP contribution < -0.4 is 5.43 Å². The molecular weight excluding hydrogens is 164 g/mol. The third kappa shape index (κ3) is 3.57. The number of hydrogen-bond acceptors (Lipinski definition) is 2. The maximum atomic E-state index is 11.4. The zero-order valence-corrected chi connectivity index (χ0v) is 8.09. The number of rotatable bonds is 2. The zero-order valence-electron chi connectivity index (χ0n) is 8.09. The molecule has 0 bridgehead atoms. The largest absolute Gasteiger partial charge is 0.273 e. The topological polar surface area (TPSA) is 41.5 Å². The van der Waals surface area contributed by atoms with Gasteiger partial charge in [0.2, 0.25) is 5.91 Å². The van der Waals surface area contributed by atoms with Gasteiger partial charge in [0.1, 0.15) is 0 Å². The zero-order chi connectivity index (χ0) is 9.52. The lowest BCUT2D eigenvalue weighted by atomic mass is 9.91. The first-order valence-corrected chi connectivity index (χ1v) is 5.10. The maximum Gasteiger partial charge on any atom is 0.243 e. The standard InChI is InChI=1S/C10H18N2O/c1-11-12-10(13)9-7-5-3-2-4-6-8-9/h9H,1-8H2,(H,12,13). The lowest BCUT2D eigenvalue weighted by Crippen LogP contribution is -2.27. The van der Waals surface area contributed by atoms with Crippen LogP contribution in [-0.2, 0) is 4.79 Å². The van der Waals surface area contributed by atoms with Crippen molar-refractivity contribution in [2.24, 2.45) is 11.0 Å². The monoisotopic (exact) mass is 182 g/mol. The fraction of sp³-hybridized carbons (Fsp3) is 0.800. The molecule has 0 heterocycles. The highest BCUT2D eigenvalue weighted by atomic mass is 16.2. The van der Waals surface area contributed by atoms with E-state index in [1.807, 2.05) is 0 Å². The van der Waals surface area contributed by atoms with Gasteiger partial charge in [-0.3, -0.25) is 4.79 Å². The molecule has 1 fully saturated rings. The Morgan fingerprint density at radius 3 is 2.23 bits per heavy atom. The quantitative estimate of drug-likeness (QED) is 0.515. The number of hydrogen-bond donors (Lipinski definition) is 1. The third-order valence-electron chi connectivity index (χ3n) is 2.67. The van der Waals surface area contributed by atoms with Crippen molar-refractivity contribution in [3.05, 3.63) is 0 Å². The van der Waals surface area contributed by atoms with Crippen molar-refractivity contribution in [3.63, 3.8) is 0 Å². The molecule has 1 amide bonds. The predicted molar refractivity (Wildman–Crippen MR) is 53.5 cm³/mol. The van der Waals surface area contributed by atoms with Crippen LogP contribution in [0, 0.1) is 5.92 Å². The molecule has 13 heavy (non-hydrogen) atoms. The fourth-order valence-electron chi connectivity index (χ4n) is 1.89. The molecule has 0 aromatic heterocycles. The van der Waals surface area contributed by atoms with E-state index in [4.69, 9.17) is 0 Å². The van der Waals surface area contributed by atoms with E-state index in [2.05, 4.69) is 17.2 Å². The van der Waals surface area contributed by atoms with Crippen LogP contribution in [0.2, 0.25) is 0 Å². The molecule has 74 valence electrons. The summed E-state index contributed by atoms with van der Waals surface area (Å²) in [6.07, 6.45) is 8.25. The van der Waals surface area contributed by atoms with Gasteiger partial charge in [-0.15, -0.1) is 0 Å². The Labute approximate surface area is 79.6 Å². The molecule has 0 atom stereocenters. The molecule has 1 saturated carbocycles. The molecule has 0 unspecified atom stereocenters. The van der Waals surface area contributed by atoms with Crippen LogP contribution in [0.3, 0.4) is 0 Å². The normalized spacial score (nSPS) is 20.0. The highest BCUT2D eigenvalue weighted by Gasteiger charge is 2.18. The number of carbonyl (C=O) groups is 1. The molecule has 1 aliphatic rings. The predicted octanol–water partition coefficient (Wildman–Crippen LogP) is 2.08. The van der Waals surface area contributed by atoms with E-state index in [0.29, 0.717) is 0 Å². The Morgan fingerprint density at radius 2 is 1.69 bits per heavy atom. The molecule has 1 aliphatic carbocycles. The Bertz CT molecular complexity index is 172. The number of hydrazone groups is 1. The summed E-state index contributed by atoms with van der Waals surface area (Å²) in [6.45, 7) is 3.26. The van der Waals surface area contributed by atoms with E-state index in [0.717, 1.165) is 12.8 Å². The molecule has 0 spiro atoms. The minimum atomic E-state index is 0.0527. The summed E-state index contributed by atoms with van der Waals surface area (Å²) in [4.78, 5) is 11.4. The Balaban J connectivity index is 2.36. The molecule has 0 radical (unpaired) electrons. The minimum absolute atomic E-state index is 0.0527. The van der Waals surface area contributed by atoms with Crippen LogP contribution in [0.5, 0.6) is 0 Å². The van der Waals surface area contributed by atoms with Gasteiger partial charge in [0.05, 0.1) is 0 Å². The van der Waals surface area contributed by atoms with E-state index in [-0.39, 0.29) is 11.8 Å². The van der Waals surface area contributed by atoms with Crippen LogP contribution in [0.15, 0.2) is 5.10 Å². The van der Waals surface area contributed by atoms with Crippen molar-refractivity contribution in [1.82, 2.24) is 5.43 Å². The van der Waals surface area contributed by atoms with Crippen molar-refractivity contribution in [2.75, 3.05) is 0 Å². The van der Waals surface area contributed by atoms with E-state index < -0.39 is 0 Å². The minimum Gasteiger partial charge on any atom is -0.273 e. The van der Waals surface area contributed by atoms with Gasteiger partial charge >= 0.3 is 0 Å². The van der Waals surface area contributed by atoms with E-state index >= 15 is 0 Å². The van der Waals surface area contributed by atoms with Gasteiger partial charge in [0.15, 0.2) is 0 Å².